The van der Waals surface area contributed by atoms with Gasteiger partial charge in [0.05, 0.1) is 11.7 Å². The minimum atomic E-state index is -1.07. The van der Waals surface area contributed by atoms with Crippen molar-refractivity contribution in [2.75, 3.05) is 0 Å². The van der Waals surface area contributed by atoms with Gasteiger partial charge in [0.2, 0.25) is 0 Å². The number of rotatable bonds is 3. The SMILES string of the molecule is O=C(O)C=Cc1ccc(-n2ncc3ccccc32)c(F)c1. The van der Waals surface area contributed by atoms with Gasteiger partial charge in [-0.25, -0.2) is 13.9 Å². The van der Waals surface area contributed by atoms with Gasteiger partial charge in [0.15, 0.2) is 0 Å². The Bertz CT molecular complexity index is 852. The van der Waals surface area contributed by atoms with Crippen molar-refractivity contribution < 1.29 is 14.3 Å². The van der Waals surface area contributed by atoms with E-state index in [4.69, 9.17) is 5.11 Å². The van der Waals surface area contributed by atoms with E-state index in [2.05, 4.69) is 5.10 Å². The summed E-state index contributed by atoms with van der Waals surface area (Å²) in [7, 11) is 0. The summed E-state index contributed by atoms with van der Waals surface area (Å²) >= 11 is 0. The molecule has 0 unspecified atom stereocenters. The van der Waals surface area contributed by atoms with Gasteiger partial charge < -0.3 is 5.11 Å². The first kappa shape index (κ1) is 13.1. The van der Waals surface area contributed by atoms with E-state index in [9.17, 15) is 9.18 Å². The second-order valence-electron chi connectivity index (χ2n) is 4.50. The molecule has 4 nitrogen and oxygen atoms in total. The first-order valence-corrected chi connectivity index (χ1v) is 6.29. The molecule has 3 rings (SSSR count). The normalized spacial score (nSPS) is 11.3. The van der Waals surface area contributed by atoms with Crippen molar-refractivity contribution in [3.8, 4) is 5.69 Å². The molecule has 0 radical (unpaired) electrons. The lowest BCUT2D eigenvalue weighted by Gasteiger charge is -2.06. The molecule has 0 aliphatic heterocycles. The molecule has 104 valence electrons. The highest BCUT2D eigenvalue weighted by Gasteiger charge is 2.09. The van der Waals surface area contributed by atoms with Gasteiger partial charge in [-0.15, -0.1) is 0 Å². The van der Waals surface area contributed by atoms with Crippen LogP contribution in [0, 0.1) is 5.82 Å². The molecule has 1 aromatic heterocycles. The lowest BCUT2D eigenvalue weighted by molar-refractivity contribution is -0.131. The Morgan fingerprint density at radius 1 is 1.24 bits per heavy atom. The number of halogens is 1. The van der Waals surface area contributed by atoms with Gasteiger partial charge in [0.25, 0.3) is 0 Å². The lowest BCUT2D eigenvalue weighted by atomic mass is 10.1. The Labute approximate surface area is 119 Å². The van der Waals surface area contributed by atoms with Gasteiger partial charge in [0.1, 0.15) is 11.5 Å². The highest BCUT2D eigenvalue weighted by molar-refractivity contribution is 5.85. The monoisotopic (exact) mass is 282 g/mol. The number of aromatic nitrogens is 2. The van der Waals surface area contributed by atoms with Crippen LogP contribution in [0.2, 0.25) is 0 Å². The van der Waals surface area contributed by atoms with Gasteiger partial charge in [0, 0.05) is 11.5 Å². The summed E-state index contributed by atoms with van der Waals surface area (Å²) in [5.74, 6) is -1.53. The average Bonchev–Trinajstić information content (AvgIpc) is 2.89. The minimum absolute atomic E-state index is 0.323. The van der Waals surface area contributed by atoms with Crippen LogP contribution in [0.25, 0.3) is 22.7 Å². The number of nitrogens with zero attached hydrogens (tertiary/aromatic N) is 2. The number of carbonyl (C=O) groups is 1. The molecule has 0 fully saturated rings. The van der Waals surface area contributed by atoms with Gasteiger partial charge in [-0.2, -0.15) is 5.10 Å². The van der Waals surface area contributed by atoms with Crippen LogP contribution in [0.5, 0.6) is 0 Å². The van der Waals surface area contributed by atoms with Crippen LogP contribution in [-0.2, 0) is 4.79 Å². The summed E-state index contributed by atoms with van der Waals surface area (Å²) in [4.78, 5) is 10.5. The summed E-state index contributed by atoms with van der Waals surface area (Å²) in [6.07, 6.45) is 3.99. The third-order valence-electron chi connectivity index (χ3n) is 3.10. The van der Waals surface area contributed by atoms with E-state index in [1.54, 1.807) is 18.3 Å². The maximum atomic E-state index is 14.2. The van der Waals surface area contributed by atoms with Crippen LogP contribution in [0.1, 0.15) is 5.56 Å². The predicted molar refractivity (Wildman–Crippen MR) is 77.7 cm³/mol. The van der Waals surface area contributed by atoms with Crippen molar-refractivity contribution in [2.45, 2.75) is 0 Å². The van der Waals surface area contributed by atoms with E-state index in [-0.39, 0.29) is 0 Å². The Morgan fingerprint density at radius 2 is 2.05 bits per heavy atom. The number of para-hydroxylation sites is 1. The third-order valence-corrected chi connectivity index (χ3v) is 3.10. The molecule has 0 atom stereocenters. The molecule has 0 aliphatic carbocycles. The van der Waals surface area contributed by atoms with Crippen LogP contribution in [0.4, 0.5) is 4.39 Å². The number of aliphatic carboxylic acids is 1. The number of fused-ring (bicyclic) bond motifs is 1. The molecule has 0 aliphatic rings. The minimum Gasteiger partial charge on any atom is -0.478 e. The Kier molecular flexibility index (Phi) is 3.23. The van der Waals surface area contributed by atoms with Crippen LogP contribution in [0.3, 0.4) is 0 Å². The molecule has 3 aromatic rings. The maximum absolute atomic E-state index is 14.2. The van der Waals surface area contributed by atoms with E-state index in [1.807, 2.05) is 24.3 Å². The number of benzene rings is 2. The zero-order valence-electron chi connectivity index (χ0n) is 10.9. The van der Waals surface area contributed by atoms with Crippen molar-refractivity contribution in [3.05, 3.63) is 66.1 Å². The van der Waals surface area contributed by atoms with Gasteiger partial charge in [-0.05, 0) is 29.8 Å². The zero-order valence-corrected chi connectivity index (χ0v) is 10.9. The molecule has 21 heavy (non-hydrogen) atoms. The summed E-state index contributed by atoms with van der Waals surface area (Å²) in [6.45, 7) is 0. The first-order chi connectivity index (χ1) is 10.1. The van der Waals surface area contributed by atoms with E-state index in [0.29, 0.717) is 11.3 Å². The molecule has 0 spiro atoms. The molecule has 0 bridgehead atoms. The number of carboxylic acid groups (broad SMARTS) is 1. The quantitative estimate of drug-likeness (QED) is 0.750. The van der Waals surface area contributed by atoms with Crippen LogP contribution in [-0.4, -0.2) is 20.9 Å². The maximum Gasteiger partial charge on any atom is 0.328 e. The largest absolute Gasteiger partial charge is 0.478 e. The van der Waals surface area contributed by atoms with Crippen LogP contribution < -0.4 is 0 Å². The highest BCUT2D eigenvalue weighted by Crippen LogP contribution is 2.21. The number of hydrogen-bond acceptors (Lipinski definition) is 2. The van der Waals surface area contributed by atoms with Crippen molar-refractivity contribution in [1.29, 1.82) is 0 Å². The van der Waals surface area contributed by atoms with Gasteiger partial charge >= 0.3 is 5.97 Å². The van der Waals surface area contributed by atoms with Crippen molar-refractivity contribution >= 4 is 22.9 Å². The molecule has 1 heterocycles. The first-order valence-electron chi connectivity index (χ1n) is 6.29. The fourth-order valence-corrected chi connectivity index (χ4v) is 2.13. The van der Waals surface area contributed by atoms with Crippen molar-refractivity contribution in [2.24, 2.45) is 0 Å². The molecular weight excluding hydrogens is 271 g/mol. The van der Waals surface area contributed by atoms with Crippen LogP contribution >= 0.6 is 0 Å². The number of carboxylic acids is 1. The van der Waals surface area contributed by atoms with Gasteiger partial charge in [-0.1, -0.05) is 24.3 Å². The smallest absolute Gasteiger partial charge is 0.328 e. The second kappa shape index (κ2) is 5.20. The Hall–Kier alpha value is -2.95. The molecule has 0 amide bonds. The lowest BCUT2D eigenvalue weighted by Crippen LogP contribution is -1.99. The molecule has 0 saturated carbocycles. The molecule has 0 saturated heterocycles. The predicted octanol–water partition coefficient (Wildman–Crippen LogP) is 3.26. The topological polar surface area (TPSA) is 55.1 Å². The molecule has 1 N–H and O–H groups in total. The standard InChI is InChI=1S/C16H11FN2O2/c17-13-9-11(6-8-16(20)21)5-7-15(13)19-14-4-2-1-3-12(14)10-18-19/h1-10H,(H,20,21). The van der Waals surface area contributed by atoms with Crippen molar-refractivity contribution in [3.63, 3.8) is 0 Å². The van der Waals surface area contributed by atoms with Crippen LogP contribution in [0.15, 0.2) is 54.7 Å². The fraction of sp³-hybridized carbons (Fsp3) is 0. The summed E-state index contributed by atoms with van der Waals surface area (Å²) in [6, 6.07) is 12.0. The highest BCUT2D eigenvalue weighted by atomic mass is 19.1. The van der Waals surface area contributed by atoms with Crippen molar-refractivity contribution in [1.82, 2.24) is 9.78 Å². The third kappa shape index (κ3) is 2.53. The average molecular weight is 282 g/mol. The molecule has 5 heteroatoms. The fourth-order valence-electron chi connectivity index (χ4n) is 2.13. The second-order valence-corrected chi connectivity index (χ2v) is 4.50. The summed E-state index contributed by atoms with van der Waals surface area (Å²) < 4.78 is 15.7. The zero-order chi connectivity index (χ0) is 14.8. The number of hydrogen-bond donors (Lipinski definition) is 1. The summed E-state index contributed by atoms with van der Waals surface area (Å²) in [5.41, 5.74) is 1.61. The summed E-state index contributed by atoms with van der Waals surface area (Å²) in [5, 5.41) is 13.7. The van der Waals surface area contributed by atoms with Gasteiger partial charge in [-0.3, -0.25) is 0 Å². The van der Waals surface area contributed by atoms with E-state index < -0.39 is 11.8 Å². The van der Waals surface area contributed by atoms with E-state index >= 15 is 0 Å². The van der Waals surface area contributed by atoms with E-state index in [0.717, 1.165) is 17.0 Å². The molecular formula is C16H11FN2O2. The Balaban J connectivity index is 2.05. The Morgan fingerprint density at radius 3 is 2.81 bits per heavy atom. The van der Waals surface area contributed by atoms with E-state index in [1.165, 1.54) is 16.8 Å². The molecule has 2 aromatic carbocycles.